The second-order valence-electron chi connectivity index (χ2n) is 8.63. The van der Waals surface area contributed by atoms with Crippen LogP contribution in [0.1, 0.15) is 90.9 Å². The summed E-state index contributed by atoms with van der Waals surface area (Å²) in [7, 11) is 0. The predicted octanol–water partition coefficient (Wildman–Crippen LogP) is 7.06. The van der Waals surface area contributed by atoms with Crippen molar-refractivity contribution in [2.45, 2.75) is 109 Å². The number of benzene rings is 1. The van der Waals surface area contributed by atoms with E-state index in [1.165, 1.54) is 63.5 Å². The van der Waals surface area contributed by atoms with Gasteiger partial charge in [-0.2, -0.15) is 5.10 Å². The van der Waals surface area contributed by atoms with Crippen LogP contribution in [0.4, 0.5) is 5.69 Å². The fourth-order valence-corrected chi connectivity index (χ4v) is 4.25. The van der Waals surface area contributed by atoms with Crippen molar-refractivity contribution in [3.63, 3.8) is 0 Å². The summed E-state index contributed by atoms with van der Waals surface area (Å²) in [6, 6.07) is 8.97. The number of anilines is 1. The molecule has 0 amide bonds. The lowest BCUT2D eigenvalue weighted by Gasteiger charge is -2.32. The van der Waals surface area contributed by atoms with Crippen molar-refractivity contribution in [2.75, 3.05) is 5.43 Å². The van der Waals surface area contributed by atoms with Crippen molar-refractivity contribution >= 4 is 39.7 Å². The third-order valence-corrected chi connectivity index (χ3v) is 6.48. The summed E-state index contributed by atoms with van der Waals surface area (Å²) in [6.45, 7) is 4.21. The van der Waals surface area contributed by atoms with E-state index in [4.69, 9.17) is 0 Å². The van der Waals surface area contributed by atoms with Crippen molar-refractivity contribution in [1.29, 1.82) is 0 Å². The normalized spacial score (nSPS) is 21.9. The van der Waals surface area contributed by atoms with Crippen LogP contribution in [0.2, 0.25) is 0 Å². The van der Waals surface area contributed by atoms with Crippen LogP contribution in [0, 0.1) is 0 Å². The molecule has 4 nitrogen and oxygen atoms in total. The predicted molar refractivity (Wildman–Crippen MR) is 136 cm³/mol. The van der Waals surface area contributed by atoms with Gasteiger partial charge in [0.15, 0.2) is 0 Å². The number of hydrogen-bond acceptors (Lipinski definition) is 4. The van der Waals surface area contributed by atoms with E-state index in [0.29, 0.717) is 6.04 Å². The van der Waals surface area contributed by atoms with E-state index in [0.717, 1.165) is 29.4 Å². The Bertz CT molecular complexity index is 597. The molecule has 30 heavy (non-hydrogen) atoms. The highest BCUT2D eigenvalue weighted by Crippen LogP contribution is 2.19. The molecule has 3 N–H and O–H groups in total. The molecule has 0 bridgehead atoms. The maximum absolute atomic E-state index is 9.76. The second-order valence-corrected chi connectivity index (χ2v) is 9.55. The first kappa shape index (κ1) is 27.4. The zero-order valence-electron chi connectivity index (χ0n) is 18.7. The molecular formula is C24H41BrClN3O. The van der Waals surface area contributed by atoms with Crippen LogP contribution in [0.3, 0.4) is 0 Å². The van der Waals surface area contributed by atoms with E-state index in [2.05, 4.69) is 45.6 Å². The van der Waals surface area contributed by atoms with Gasteiger partial charge in [-0.05, 0) is 70.2 Å². The highest BCUT2D eigenvalue weighted by molar-refractivity contribution is 9.10. The average Bonchev–Trinajstić information content (AvgIpc) is 2.71. The molecular weight excluding hydrogens is 462 g/mol. The number of aliphatic hydroxyl groups is 1. The van der Waals surface area contributed by atoms with Gasteiger partial charge in [0, 0.05) is 22.3 Å². The topological polar surface area (TPSA) is 56.6 Å². The minimum atomic E-state index is -0.149. The third-order valence-electron chi connectivity index (χ3n) is 5.95. The van der Waals surface area contributed by atoms with Crippen LogP contribution >= 0.6 is 28.3 Å². The molecule has 0 radical (unpaired) electrons. The van der Waals surface area contributed by atoms with E-state index in [1.54, 1.807) is 0 Å². The Hall–Kier alpha value is -0.620. The van der Waals surface area contributed by atoms with E-state index in [1.807, 2.05) is 24.3 Å². The molecule has 0 saturated carbocycles. The molecule has 6 heteroatoms. The minimum Gasteiger partial charge on any atom is -0.392 e. The van der Waals surface area contributed by atoms with Gasteiger partial charge in [-0.1, -0.05) is 60.9 Å². The molecule has 0 aromatic heterocycles. The zero-order chi connectivity index (χ0) is 20.9. The summed E-state index contributed by atoms with van der Waals surface area (Å²) in [5, 5.41) is 17.8. The molecule has 1 heterocycles. The Morgan fingerprint density at radius 2 is 1.63 bits per heavy atom. The highest BCUT2D eigenvalue weighted by Gasteiger charge is 2.24. The minimum absolute atomic E-state index is 0. The monoisotopic (exact) mass is 501 g/mol. The number of nitrogens with one attached hydrogen (secondary N) is 2. The van der Waals surface area contributed by atoms with E-state index in [-0.39, 0.29) is 24.6 Å². The molecule has 1 aliphatic rings. The number of halogens is 2. The van der Waals surface area contributed by atoms with E-state index in [9.17, 15) is 5.11 Å². The molecule has 0 spiro atoms. The van der Waals surface area contributed by atoms with Gasteiger partial charge >= 0.3 is 0 Å². The van der Waals surface area contributed by atoms with E-state index >= 15 is 0 Å². The van der Waals surface area contributed by atoms with Crippen molar-refractivity contribution in [2.24, 2.45) is 5.10 Å². The summed E-state index contributed by atoms with van der Waals surface area (Å²) < 4.78 is 1.08. The quantitative estimate of drug-likeness (QED) is 0.154. The summed E-state index contributed by atoms with van der Waals surface area (Å²) in [4.78, 5) is 0. The maximum atomic E-state index is 9.76. The fourth-order valence-electron chi connectivity index (χ4n) is 3.99. The first-order valence-electron chi connectivity index (χ1n) is 11.5. The Morgan fingerprint density at radius 1 is 1.03 bits per heavy atom. The molecule has 1 fully saturated rings. The van der Waals surface area contributed by atoms with Gasteiger partial charge in [0.1, 0.15) is 0 Å². The summed E-state index contributed by atoms with van der Waals surface area (Å²) in [5.74, 6) is 0. The summed E-state index contributed by atoms with van der Waals surface area (Å²) >= 11 is 3.44. The van der Waals surface area contributed by atoms with Gasteiger partial charge < -0.3 is 10.4 Å². The Balaban J connectivity index is 0.00000450. The summed E-state index contributed by atoms with van der Waals surface area (Å²) in [5.41, 5.74) is 5.33. The first-order valence-corrected chi connectivity index (χ1v) is 12.3. The smallest absolute Gasteiger partial charge is 0.0691 e. The Morgan fingerprint density at radius 3 is 2.27 bits per heavy atom. The Kier molecular flexibility index (Phi) is 14.7. The molecule has 1 saturated heterocycles. The van der Waals surface area contributed by atoms with Crippen LogP contribution in [-0.2, 0) is 0 Å². The number of unbranched alkanes of at least 4 members (excludes halogenated alkanes) is 7. The number of hydrazone groups is 1. The van der Waals surface area contributed by atoms with Crippen molar-refractivity contribution < 1.29 is 5.11 Å². The van der Waals surface area contributed by atoms with Gasteiger partial charge in [-0.25, -0.2) is 0 Å². The average molecular weight is 503 g/mol. The number of rotatable bonds is 13. The van der Waals surface area contributed by atoms with Crippen LogP contribution in [0.5, 0.6) is 0 Å². The number of hydrogen-bond donors (Lipinski definition) is 3. The molecule has 172 valence electrons. The maximum Gasteiger partial charge on any atom is 0.0691 e. The SMILES string of the molecule is C/C(CCCCCCCCCC[C@H]1CC[C@@H](O)[C@@H](C)N1)=N/Nc1ccc(Br)cc1.Cl. The molecule has 0 unspecified atom stereocenters. The molecule has 1 aliphatic heterocycles. The largest absolute Gasteiger partial charge is 0.392 e. The fraction of sp³-hybridized carbons (Fsp3) is 0.708. The Labute approximate surface area is 198 Å². The lowest BCUT2D eigenvalue weighted by atomic mass is 9.93. The van der Waals surface area contributed by atoms with Crippen molar-refractivity contribution in [3.8, 4) is 0 Å². The molecule has 1 aromatic carbocycles. The molecule has 0 aliphatic carbocycles. The third kappa shape index (κ3) is 11.7. The van der Waals surface area contributed by atoms with E-state index < -0.39 is 0 Å². The molecule has 2 rings (SSSR count). The van der Waals surface area contributed by atoms with Gasteiger partial charge in [0.25, 0.3) is 0 Å². The number of piperidine rings is 1. The lowest BCUT2D eigenvalue weighted by Crippen LogP contribution is -2.48. The summed E-state index contributed by atoms with van der Waals surface area (Å²) in [6.07, 6.45) is 14.9. The van der Waals surface area contributed by atoms with Crippen LogP contribution in [0.15, 0.2) is 33.8 Å². The van der Waals surface area contributed by atoms with Crippen LogP contribution < -0.4 is 10.7 Å². The van der Waals surface area contributed by atoms with Crippen molar-refractivity contribution in [3.05, 3.63) is 28.7 Å². The van der Waals surface area contributed by atoms with Crippen LogP contribution in [0.25, 0.3) is 0 Å². The first-order chi connectivity index (χ1) is 14.0. The second kappa shape index (κ2) is 16.1. The van der Waals surface area contributed by atoms with Gasteiger partial charge in [-0.3, -0.25) is 5.43 Å². The number of nitrogens with zero attached hydrogens (tertiary/aromatic N) is 1. The molecule has 3 atom stereocenters. The highest BCUT2D eigenvalue weighted by atomic mass is 79.9. The van der Waals surface area contributed by atoms with Gasteiger partial charge in [-0.15, -0.1) is 12.4 Å². The van der Waals surface area contributed by atoms with Gasteiger partial charge in [0.2, 0.25) is 0 Å². The van der Waals surface area contributed by atoms with Gasteiger partial charge in [0.05, 0.1) is 11.8 Å². The zero-order valence-corrected chi connectivity index (χ0v) is 21.1. The van der Waals surface area contributed by atoms with Crippen LogP contribution in [-0.4, -0.2) is 29.0 Å². The lowest BCUT2D eigenvalue weighted by molar-refractivity contribution is 0.0849. The van der Waals surface area contributed by atoms with Crippen molar-refractivity contribution in [1.82, 2.24) is 5.32 Å². The standard InChI is InChI=1S/C24H40BrN3O.ClH/c1-19(27-28-23-15-13-21(25)14-16-23)11-9-7-5-3-4-6-8-10-12-22-17-18-24(29)20(2)26-22;/h13-16,20,22,24,26,28-29H,3-12,17-18H2,1-2H3;1H/b27-19-;/t20-,22+,24-;/m1./s1. The number of aliphatic hydroxyl groups excluding tert-OH is 1. The molecule has 1 aromatic rings.